The summed E-state index contributed by atoms with van der Waals surface area (Å²) >= 11 is 0. The molecule has 6 heteroatoms. The first-order valence-electron chi connectivity index (χ1n) is 12.3. The lowest BCUT2D eigenvalue weighted by molar-refractivity contribution is -0.141. The van der Waals surface area contributed by atoms with E-state index in [4.69, 9.17) is 9.47 Å². The Morgan fingerprint density at radius 3 is 2.59 bits per heavy atom. The fourth-order valence-corrected chi connectivity index (χ4v) is 5.10. The number of hydrogen-bond acceptors (Lipinski definition) is 4. The van der Waals surface area contributed by atoms with Crippen molar-refractivity contribution < 1.29 is 19.1 Å². The number of carbonyl (C=O) groups is 2. The van der Waals surface area contributed by atoms with Gasteiger partial charge in [0.15, 0.2) is 11.5 Å². The van der Waals surface area contributed by atoms with Crippen LogP contribution in [0.1, 0.15) is 72.3 Å². The second kappa shape index (κ2) is 10.6. The van der Waals surface area contributed by atoms with Crippen LogP contribution in [0.25, 0.3) is 0 Å². The summed E-state index contributed by atoms with van der Waals surface area (Å²) in [6.07, 6.45) is 5.05. The van der Waals surface area contributed by atoms with Gasteiger partial charge in [0.1, 0.15) is 5.54 Å². The molecular formula is C26H40N2O4. The van der Waals surface area contributed by atoms with E-state index >= 15 is 0 Å². The lowest BCUT2D eigenvalue weighted by Crippen LogP contribution is -2.58. The standard InChI is InChI=1S/C26H40N2O4/c1-6-31-22-12-11-20(17-23(22)32-7-2)14-16-28-24(29)13-15-26(28,5)25(30)27-21-10-8-9-18(3)19(21)4/h11-12,17-19,21H,6-10,13-16H2,1-5H3,(H,27,30)/t18-,19-,21+,26+/m0/s1. The molecule has 2 fully saturated rings. The van der Waals surface area contributed by atoms with Crippen LogP contribution in [0.15, 0.2) is 18.2 Å². The number of benzene rings is 1. The molecule has 178 valence electrons. The molecule has 3 rings (SSSR count). The highest BCUT2D eigenvalue weighted by atomic mass is 16.5. The molecule has 1 aromatic rings. The molecule has 32 heavy (non-hydrogen) atoms. The topological polar surface area (TPSA) is 67.9 Å². The van der Waals surface area contributed by atoms with E-state index in [2.05, 4.69) is 19.2 Å². The molecule has 1 aliphatic heterocycles. The maximum Gasteiger partial charge on any atom is 0.245 e. The molecular weight excluding hydrogens is 404 g/mol. The van der Waals surface area contributed by atoms with Crippen molar-refractivity contribution in [3.05, 3.63) is 23.8 Å². The van der Waals surface area contributed by atoms with Crippen molar-refractivity contribution in [3.63, 3.8) is 0 Å². The SMILES string of the molecule is CCOc1ccc(CCN2C(=O)CC[C@]2(C)C(=O)N[C@@H]2CCC[C@H](C)[C@@H]2C)cc1OCC. The smallest absolute Gasteiger partial charge is 0.245 e. The van der Waals surface area contributed by atoms with Crippen LogP contribution in [-0.4, -0.2) is 48.1 Å². The second-order valence-electron chi connectivity index (χ2n) is 9.56. The Bertz CT molecular complexity index is 811. The molecule has 6 nitrogen and oxygen atoms in total. The Morgan fingerprint density at radius 2 is 1.88 bits per heavy atom. The van der Waals surface area contributed by atoms with E-state index in [0.717, 1.165) is 29.9 Å². The molecule has 1 N–H and O–H groups in total. The van der Waals surface area contributed by atoms with Crippen LogP contribution >= 0.6 is 0 Å². The van der Waals surface area contributed by atoms with Crippen LogP contribution < -0.4 is 14.8 Å². The van der Waals surface area contributed by atoms with Gasteiger partial charge in [-0.1, -0.05) is 32.8 Å². The largest absolute Gasteiger partial charge is 0.490 e. The van der Waals surface area contributed by atoms with Crippen LogP contribution in [-0.2, 0) is 16.0 Å². The molecule has 1 heterocycles. The summed E-state index contributed by atoms with van der Waals surface area (Å²) in [6.45, 7) is 12.0. The number of hydrogen-bond donors (Lipinski definition) is 1. The fourth-order valence-electron chi connectivity index (χ4n) is 5.10. The van der Waals surface area contributed by atoms with Gasteiger partial charge in [0.25, 0.3) is 0 Å². The third-order valence-corrected chi connectivity index (χ3v) is 7.47. The Labute approximate surface area is 193 Å². The Kier molecular flexibility index (Phi) is 8.07. The molecule has 0 spiro atoms. The lowest BCUT2D eigenvalue weighted by Gasteiger charge is -2.39. The van der Waals surface area contributed by atoms with Crippen LogP contribution in [0.4, 0.5) is 0 Å². The van der Waals surface area contributed by atoms with Gasteiger partial charge in [-0.05, 0) is 69.6 Å². The minimum atomic E-state index is -0.786. The van der Waals surface area contributed by atoms with Gasteiger partial charge in [0.05, 0.1) is 13.2 Å². The van der Waals surface area contributed by atoms with Gasteiger partial charge in [0.2, 0.25) is 11.8 Å². The quantitative estimate of drug-likeness (QED) is 0.615. The molecule has 1 aromatic carbocycles. The number of likely N-dealkylation sites (tertiary alicyclic amines) is 1. The third-order valence-electron chi connectivity index (χ3n) is 7.47. The number of amides is 2. The van der Waals surface area contributed by atoms with E-state index in [1.165, 1.54) is 6.42 Å². The van der Waals surface area contributed by atoms with E-state index in [1.807, 2.05) is 39.0 Å². The Balaban J connectivity index is 1.69. The first kappa shape index (κ1) is 24.4. The van der Waals surface area contributed by atoms with E-state index < -0.39 is 5.54 Å². The summed E-state index contributed by atoms with van der Waals surface area (Å²) in [7, 11) is 0. The molecule has 4 atom stereocenters. The van der Waals surface area contributed by atoms with E-state index in [-0.39, 0.29) is 17.9 Å². The molecule has 0 aromatic heterocycles. The highest BCUT2D eigenvalue weighted by molar-refractivity contribution is 5.94. The van der Waals surface area contributed by atoms with E-state index in [9.17, 15) is 9.59 Å². The minimum Gasteiger partial charge on any atom is -0.490 e. The van der Waals surface area contributed by atoms with Crippen molar-refractivity contribution in [3.8, 4) is 11.5 Å². The highest BCUT2D eigenvalue weighted by Gasteiger charge is 2.47. The summed E-state index contributed by atoms with van der Waals surface area (Å²) < 4.78 is 11.4. The first-order chi connectivity index (χ1) is 15.3. The van der Waals surface area contributed by atoms with Crippen molar-refractivity contribution in [2.45, 2.75) is 84.7 Å². The zero-order chi connectivity index (χ0) is 23.3. The summed E-state index contributed by atoms with van der Waals surface area (Å²) in [5.41, 5.74) is 0.278. The Morgan fingerprint density at radius 1 is 1.16 bits per heavy atom. The first-order valence-corrected chi connectivity index (χ1v) is 12.3. The highest BCUT2D eigenvalue weighted by Crippen LogP contribution is 2.34. The summed E-state index contributed by atoms with van der Waals surface area (Å²) in [6, 6.07) is 6.11. The van der Waals surface area contributed by atoms with E-state index in [0.29, 0.717) is 50.9 Å². The molecule has 1 aliphatic carbocycles. The molecule has 0 radical (unpaired) electrons. The third kappa shape index (κ3) is 5.21. The van der Waals surface area contributed by atoms with Gasteiger partial charge in [-0.3, -0.25) is 9.59 Å². The van der Waals surface area contributed by atoms with Gasteiger partial charge in [-0.15, -0.1) is 0 Å². The van der Waals surface area contributed by atoms with Crippen LogP contribution in [0, 0.1) is 11.8 Å². The van der Waals surface area contributed by atoms with Gasteiger partial charge in [0, 0.05) is 19.0 Å². The van der Waals surface area contributed by atoms with Crippen LogP contribution in [0.2, 0.25) is 0 Å². The maximum absolute atomic E-state index is 13.4. The van der Waals surface area contributed by atoms with Gasteiger partial charge in [-0.25, -0.2) is 0 Å². The zero-order valence-corrected chi connectivity index (χ0v) is 20.4. The number of rotatable bonds is 9. The number of nitrogens with one attached hydrogen (secondary N) is 1. The normalized spacial score (nSPS) is 28.0. The average Bonchev–Trinajstić information content (AvgIpc) is 3.06. The maximum atomic E-state index is 13.4. The predicted octanol–water partition coefficient (Wildman–Crippen LogP) is 4.35. The summed E-state index contributed by atoms with van der Waals surface area (Å²) in [4.78, 5) is 27.9. The average molecular weight is 445 g/mol. The van der Waals surface area contributed by atoms with Gasteiger partial charge < -0.3 is 19.7 Å². The van der Waals surface area contributed by atoms with Crippen LogP contribution in [0.3, 0.4) is 0 Å². The van der Waals surface area contributed by atoms with Crippen molar-refractivity contribution in [2.24, 2.45) is 11.8 Å². The monoisotopic (exact) mass is 444 g/mol. The zero-order valence-electron chi connectivity index (χ0n) is 20.4. The van der Waals surface area contributed by atoms with Gasteiger partial charge >= 0.3 is 0 Å². The number of nitrogens with zero attached hydrogens (tertiary/aromatic N) is 1. The van der Waals surface area contributed by atoms with Crippen molar-refractivity contribution in [1.29, 1.82) is 0 Å². The predicted molar refractivity (Wildman–Crippen MR) is 126 cm³/mol. The van der Waals surface area contributed by atoms with E-state index in [1.54, 1.807) is 4.90 Å². The molecule has 0 bridgehead atoms. The molecule has 0 unspecified atom stereocenters. The molecule has 2 aliphatic rings. The Hall–Kier alpha value is -2.24. The van der Waals surface area contributed by atoms with Crippen molar-refractivity contribution in [1.82, 2.24) is 10.2 Å². The lowest BCUT2D eigenvalue weighted by atomic mass is 9.77. The van der Waals surface area contributed by atoms with Crippen molar-refractivity contribution in [2.75, 3.05) is 19.8 Å². The fraction of sp³-hybridized carbons (Fsp3) is 0.692. The number of carbonyl (C=O) groups excluding carboxylic acids is 2. The van der Waals surface area contributed by atoms with Crippen molar-refractivity contribution >= 4 is 11.8 Å². The summed E-state index contributed by atoms with van der Waals surface area (Å²) in [5, 5.41) is 3.31. The molecule has 1 saturated carbocycles. The van der Waals surface area contributed by atoms with Gasteiger partial charge in [-0.2, -0.15) is 0 Å². The molecule has 1 saturated heterocycles. The number of ether oxygens (including phenoxy) is 2. The molecule has 2 amide bonds. The minimum absolute atomic E-state index is 0.00370. The van der Waals surface area contributed by atoms with Crippen LogP contribution in [0.5, 0.6) is 11.5 Å². The second-order valence-corrected chi connectivity index (χ2v) is 9.56. The summed E-state index contributed by atoms with van der Waals surface area (Å²) in [5.74, 6) is 2.58.